The number of fused-ring (bicyclic) bond motifs is 2. The van der Waals surface area contributed by atoms with Gasteiger partial charge in [0, 0.05) is 66.0 Å². The first-order valence-electron chi connectivity index (χ1n) is 20.0. The van der Waals surface area contributed by atoms with Crippen LogP contribution in [0.15, 0.2) is 73.1 Å². The van der Waals surface area contributed by atoms with Crippen molar-refractivity contribution in [3.63, 3.8) is 0 Å². The van der Waals surface area contributed by atoms with Gasteiger partial charge in [-0.3, -0.25) is 9.59 Å². The van der Waals surface area contributed by atoms with Gasteiger partial charge in [-0.25, -0.2) is 24.7 Å². The summed E-state index contributed by atoms with van der Waals surface area (Å²) >= 11 is 3.10. The third-order valence-corrected chi connectivity index (χ3v) is 12.7. The summed E-state index contributed by atoms with van der Waals surface area (Å²) in [7, 11) is 0. The summed E-state index contributed by atoms with van der Waals surface area (Å²) < 4.78 is 5.49. The van der Waals surface area contributed by atoms with E-state index in [-0.39, 0.29) is 29.8 Å². The third-order valence-electron chi connectivity index (χ3n) is 10.2. The van der Waals surface area contributed by atoms with E-state index < -0.39 is 5.60 Å². The lowest BCUT2D eigenvalue weighted by atomic mass is 10.0. The summed E-state index contributed by atoms with van der Waals surface area (Å²) in [5.74, 6) is 0.367. The number of aryl methyl sites for hydroxylation is 2. The van der Waals surface area contributed by atoms with E-state index >= 15 is 0 Å². The van der Waals surface area contributed by atoms with Gasteiger partial charge in [0.05, 0.1) is 27.7 Å². The Morgan fingerprint density at radius 2 is 1.28 bits per heavy atom. The molecule has 316 valence electrons. The number of carbonyl (C=O) groups is 3. The lowest BCUT2D eigenvalue weighted by Gasteiger charge is -2.29. The van der Waals surface area contributed by atoms with Crippen LogP contribution in [0, 0.1) is 13.8 Å². The molecule has 0 saturated carbocycles. The lowest BCUT2D eigenvalue weighted by Crippen LogP contribution is -2.39. The van der Waals surface area contributed by atoms with Crippen molar-refractivity contribution >= 4 is 52.5 Å². The molecule has 8 rings (SSSR count). The van der Waals surface area contributed by atoms with Crippen molar-refractivity contribution in [3.8, 4) is 22.5 Å². The van der Waals surface area contributed by atoms with Gasteiger partial charge in [-0.05, 0) is 117 Å². The van der Waals surface area contributed by atoms with Crippen LogP contribution in [0.3, 0.4) is 0 Å². The van der Waals surface area contributed by atoms with E-state index in [0.29, 0.717) is 31.1 Å². The van der Waals surface area contributed by atoms with Crippen molar-refractivity contribution in [1.82, 2.24) is 40.8 Å². The molecule has 6 heterocycles. The van der Waals surface area contributed by atoms with Crippen molar-refractivity contribution in [2.75, 3.05) is 24.6 Å². The van der Waals surface area contributed by atoms with Gasteiger partial charge in [-0.2, -0.15) is 0 Å². The highest BCUT2D eigenvalue weighted by Gasteiger charge is 2.28. The van der Waals surface area contributed by atoms with Crippen LogP contribution in [-0.4, -0.2) is 61.4 Å². The number of aromatic nitrogens is 4. The largest absolute Gasteiger partial charge is 0.444 e. The van der Waals surface area contributed by atoms with Crippen molar-refractivity contribution in [2.45, 2.75) is 79.2 Å². The lowest BCUT2D eigenvalue weighted by molar-refractivity contribution is 0.0225. The molecule has 0 atom stereocenters. The number of nitrogens with two attached hydrogens (primary N) is 2. The standard InChI is InChI=1S/C25H29N5O3S.C20H21N5OS/c1-15-11-16(19-7-9-27-23(26)29-19)5-6-17(15)13-28-22(31)21-12-18-14-30(10-8-20(18)34-21)24(32)33-25(2,3)4;1-12-8-13(16-4-7-23-20(21)25-16)2-3-14(12)11-24-19(26)18-9-15-10-22-6-5-17(15)27-18/h5-7,9,11-12H,8,10,13-14H2,1-4H3,(H,28,31)(H2,26,27,29);2-4,7-9,22H,5-6,10-11H2,1H3,(H,24,26)(H2,21,23,25). The maximum atomic E-state index is 12.8. The summed E-state index contributed by atoms with van der Waals surface area (Å²) in [5, 5.41) is 9.40. The fraction of sp³-hybridized carbons (Fsp3) is 0.311. The summed E-state index contributed by atoms with van der Waals surface area (Å²) in [6, 6.07) is 19.6. The number of hydrogen-bond donors (Lipinski definition) is 5. The number of rotatable bonds is 8. The second-order valence-electron chi connectivity index (χ2n) is 15.9. The zero-order valence-electron chi connectivity index (χ0n) is 34.9. The maximum absolute atomic E-state index is 12.8. The molecule has 0 spiro atoms. The zero-order chi connectivity index (χ0) is 43.3. The molecule has 0 fully saturated rings. The molecule has 14 nitrogen and oxygen atoms in total. The highest BCUT2D eigenvalue weighted by atomic mass is 32.1. The average molecular weight is 859 g/mol. The molecular weight excluding hydrogens is 809 g/mol. The van der Waals surface area contributed by atoms with Gasteiger partial charge in [0.1, 0.15) is 5.60 Å². The number of nitrogens with one attached hydrogen (secondary N) is 3. The van der Waals surface area contributed by atoms with Crippen LogP contribution in [0.1, 0.15) is 83.2 Å². The number of hydrogen-bond acceptors (Lipinski definition) is 13. The molecule has 2 aliphatic rings. The van der Waals surface area contributed by atoms with E-state index in [1.165, 1.54) is 21.8 Å². The van der Waals surface area contributed by atoms with Gasteiger partial charge in [0.15, 0.2) is 0 Å². The Kier molecular flexibility index (Phi) is 13.1. The van der Waals surface area contributed by atoms with Gasteiger partial charge in [-0.1, -0.05) is 24.3 Å². The van der Waals surface area contributed by atoms with Crippen LogP contribution in [0.4, 0.5) is 16.7 Å². The minimum Gasteiger partial charge on any atom is -0.444 e. The molecule has 0 bridgehead atoms. The molecule has 0 radical (unpaired) electrons. The molecule has 61 heavy (non-hydrogen) atoms. The van der Waals surface area contributed by atoms with Gasteiger partial charge in [0.25, 0.3) is 11.8 Å². The summed E-state index contributed by atoms with van der Waals surface area (Å²) in [5.41, 5.74) is 20.8. The van der Waals surface area contributed by atoms with Crippen LogP contribution in [0.25, 0.3) is 22.5 Å². The van der Waals surface area contributed by atoms with Gasteiger partial charge < -0.3 is 37.1 Å². The van der Waals surface area contributed by atoms with Gasteiger partial charge >= 0.3 is 6.09 Å². The number of anilines is 2. The zero-order valence-corrected chi connectivity index (χ0v) is 36.6. The SMILES string of the molecule is Cc1cc(-c2ccnc(N)n2)ccc1CNC(=O)c1cc2c(s1)CCN(C(=O)OC(C)(C)C)C2.Cc1cc(-c2ccnc(N)n2)ccc1CNC(=O)c1cc2c(s1)CCNC2. The van der Waals surface area contributed by atoms with E-state index in [1.54, 1.807) is 28.6 Å². The second kappa shape index (κ2) is 18.6. The average Bonchev–Trinajstić information content (AvgIpc) is 3.87. The molecule has 4 aromatic heterocycles. The van der Waals surface area contributed by atoms with Gasteiger partial charge in [0.2, 0.25) is 11.9 Å². The second-order valence-corrected chi connectivity index (χ2v) is 18.2. The topological polar surface area (TPSA) is 203 Å². The van der Waals surface area contributed by atoms with Crippen LogP contribution < -0.4 is 27.4 Å². The van der Waals surface area contributed by atoms with Crippen LogP contribution >= 0.6 is 22.7 Å². The fourth-order valence-corrected chi connectivity index (χ4v) is 9.17. The Hall–Kier alpha value is -6.23. The minimum absolute atomic E-state index is 0.0125. The molecule has 2 aliphatic heterocycles. The maximum Gasteiger partial charge on any atom is 0.410 e. The molecule has 0 aliphatic carbocycles. The van der Waals surface area contributed by atoms with Crippen molar-refractivity contribution in [1.29, 1.82) is 0 Å². The van der Waals surface area contributed by atoms with E-state index in [9.17, 15) is 14.4 Å². The first kappa shape index (κ1) is 42.9. The van der Waals surface area contributed by atoms with Gasteiger partial charge in [-0.15, -0.1) is 22.7 Å². The van der Waals surface area contributed by atoms with Crippen molar-refractivity contribution in [3.05, 3.63) is 126 Å². The summed E-state index contributed by atoms with van der Waals surface area (Å²) in [6.07, 6.45) is 4.69. The van der Waals surface area contributed by atoms with E-state index in [1.807, 2.05) is 89.2 Å². The molecule has 6 aromatic rings. The predicted octanol–water partition coefficient (Wildman–Crippen LogP) is 6.99. The van der Waals surface area contributed by atoms with Crippen molar-refractivity contribution in [2.24, 2.45) is 0 Å². The summed E-state index contributed by atoms with van der Waals surface area (Å²) in [4.78, 5) is 59.7. The molecule has 0 unspecified atom stereocenters. The molecular formula is C45H50N10O4S2. The molecule has 16 heteroatoms. The third kappa shape index (κ3) is 10.9. The highest BCUT2D eigenvalue weighted by molar-refractivity contribution is 7.14. The van der Waals surface area contributed by atoms with E-state index in [0.717, 1.165) is 86.0 Å². The molecule has 0 saturated heterocycles. The Morgan fingerprint density at radius 1 is 0.754 bits per heavy atom. The van der Waals surface area contributed by atoms with Crippen molar-refractivity contribution < 1.29 is 19.1 Å². The first-order valence-corrected chi connectivity index (χ1v) is 21.7. The Labute approximate surface area is 363 Å². The van der Waals surface area contributed by atoms with Crippen LogP contribution in [-0.2, 0) is 43.8 Å². The summed E-state index contributed by atoms with van der Waals surface area (Å²) in [6.45, 7) is 13.4. The van der Waals surface area contributed by atoms with Crippen LogP contribution in [0.5, 0.6) is 0 Å². The Morgan fingerprint density at radius 3 is 1.77 bits per heavy atom. The number of amides is 3. The quantitative estimate of drug-likeness (QED) is 0.106. The molecule has 2 aromatic carbocycles. The normalized spacial score (nSPS) is 13.3. The highest BCUT2D eigenvalue weighted by Crippen LogP contribution is 2.30. The predicted molar refractivity (Wildman–Crippen MR) is 240 cm³/mol. The molecule has 7 N–H and O–H groups in total. The van der Waals surface area contributed by atoms with E-state index in [4.69, 9.17) is 16.2 Å². The number of ether oxygens (including phenoxy) is 1. The number of thiophene rings is 2. The minimum atomic E-state index is -0.532. The number of nitrogens with zero attached hydrogens (tertiary/aromatic N) is 5. The smallest absolute Gasteiger partial charge is 0.410 e. The number of benzene rings is 2. The number of nitrogen functional groups attached to an aromatic ring is 2. The van der Waals surface area contributed by atoms with E-state index in [2.05, 4.69) is 42.0 Å². The Bertz CT molecular complexity index is 2560. The van der Waals surface area contributed by atoms with Crippen LogP contribution in [0.2, 0.25) is 0 Å². The monoisotopic (exact) mass is 858 g/mol. The fourth-order valence-electron chi connectivity index (χ4n) is 6.99. The molecule has 3 amide bonds. The first-order chi connectivity index (χ1) is 29.2. The Balaban J connectivity index is 0.000000189. The number of carbonyl (C=O) groups excluding carboxylic acids is 3.